The Kier molecular flexibility index (Phi) is 5.26. The zero-order valence-electron chi connectivity index (χ0n) is 11.6. The fourth-order valence-electron chi connectivity index (χ4n) is 2.12. The highest BCUT2D eigenvalue weighted by molar-refractivity contribution is 5.26. The van der Waals surface area contributed by atoms with Gasteiger partial charge in [0.1, 0.15) is 5.82 Å². The smallest absolute Gasteiger partial charge is 0.123 e. The monoisotopic (exact) mass is 277 g/mol. The Morgan fingerprint density at radius 3 is 3.00 bits per heavy atom. The van der Waals surface area contributed by atoms with Crippen molar-refractivity contribution in [1.29, 1.82) is 0 Å². The van der Waals surface area contributed by atoms with E-state index in [0.29, 0.717) is 13.1 Å². The van der Waals surface area contributed by atoms with Gasteiger partial charge < -0.3 is 10.4 Å². The number of nitrogens with one attached hydrogen (secondary N) is 1. The molecule has 0 aliphatic rings. The number of hydrogen-bond donors (Lipinski definition) is 2. The van der Waals surface area contributed by atoms with Crippen LogP contribution in [0.1, 0.15) is 11.1 Å². The van der Waals surface area contributed by atoms with Crippen LogP contribution in [0, 0.1) is 12.7 Å². The normalized spacial score (nSPS) is 12.6. The van der Waals surface area contributed by atoms with Crippen LogP contribution >= 0.6 is 0 Å². The Morgan fingerprint density at radius 2 is 2.30 bits per heavy atom. The zero-order chi connectivity index (χ0) is 14.4. The Hall–Kier alpha value is -1.72. The molecular weight excluding hydrogens is 257 g/mol. The minimum absolute atomic E-state index is 0.200. The van der Waals surface area contributed by atoms with Crippen molar-refractivity contribution in [3.05, 3.63) is 53.6 Å². The van der Waals surface area contributed by atoms with Gasteiger partial charge in [0, 0.05) is 18.9 Å². The minimum Gasteiger partial charge on any atom is -0.390 e. The molecule has 0 fully saturated rings. The van der Waals surface area contributed by atoms with Crippen LogP contribution in [0.25, 0.3) is 0 Å². The highest BCUT2D eigenvalue weighted by atomic mass is 19.1. The van der Waals surface area contributed by atoms with E-state index < -0.39 is 6.10 Å². The summed E-state index contributed by atoms with van der Waals surface area (Å²) < 4.78 is 14.7. The molecule has 2 N–H and O–H groups in total. The largest absolute Gasteiger partial charge is 0.390 e. The van der Waals surface area contributed by atoms with Gasteiger partial charge in [-0.3, -0.25) is 4.68 Å². The maximum absolute atomic E-state index is 13.0. The Labute approximate surface area is 118 Å². The maximum atomic E-state index is 13.0. The topological polar surface area (TPSA) is 50.1 Å². The molecule has 1 unspecified atom stereocenters. The van der Waals surface area contributed by atoms with Gasteiger partial charge in [-0.25, -0.2) is 4.39 Å². The quantitative estimate of drug-likeness (QED) is 0.755. The molecule has 4 nitrogen and oxygen atoms in total. The molecule has 1 atom stereocenters. The predicted octanol–water partition coefficient (Wildman–Crippen LogP) is 1.52. The summed E-state index contributed by atoms with van der Waals surface area (Å²) in [7, 11) is 0. The van der Waals surface area contributed by atoms with Crippen molar-refractivity contribution in [1.82, 2.24) is 15.1 Å². The van der Waals surface area contributed by atoms with E-state index in [1.54, 1.807) is 16.9 Å². The number of aryl methyl sites for hydroxylation is 1. The summed E-state index contributed by atoms with van der Waals surface area (Å²) in [4.78, 5) is 0. The summed E-state index contributed by atoms with van der Waals surface area (Å²) in [5.74, 6) is -0.200. The van der Waals surface area contributed by atoms with E-state index in [-0.39, 0.29) is 5.82 Å². The summed E-state index contributed by atoms with van der Waals surface area (Å²) in [6.07, 6.45) is 3.87. The second-order valence-corrected chi connectivity index (χ2v) is 4.91. The number of aliphatic hydroxyl groups is 1. The van der Waals surface area contributed by atoms with Crippen LogP contribution in [0.4, 0.5) is 4.39 Å². The van der Waals surface area contributed by atoms with Gasteiger partial charge in [-0.2, -0.15) is 5.10 Å². The summed E-state index contributed by atoms with van der Waals surface area (Å²) in [5.41, 5.74) is 2.09. The number of hydrogen-bond acceptors (Lipinski definition) is 3. The van der Waals surface area contributed by atoms with E-state index in [0.717, 1.165) is 24.1 Å². The second kappa shape index (κ2) is 7.17. The molecule has 0 aliphatic heterocycles. The molecule has 2 aromatic rings. The Morgan fingerprint density at radius 1 is 1.45 bits per heavy atom. The molecule has 2 rings (SSSR count). The van der Waals surface area contributed by atoms with Crippen LogP contribution in [-0.4, -0.2) is 34.1 Å². The number of halogens is 1. The van der Waals surface area contributed by atoms with Gasteiger partial charge >= 0.3 is 0 Å². The summed E-state index contributed by atoms with van der Waals surface area (Å²) >= 11 is 0. The first-order chi connectivity index (χ1) is 9.65. The molecule has 0 radical (unpaired) electrons. The molecule has 1 heterocycles. The molecule has 0 saturated carbocycles. The molecule has 20 heavy (non-hydrogen) atoms. The van der Waals surface area contributed by atoms with Crippen LogP contribution in [-0.2, 0) is 13.0 Å². The van der Waals surface area contributed by atoms with Gasteiger partial charge in [-0.1, -0.05) is 6.07 Å². The number of aromatic nitrogens is 2. The van der Waals surface area contributed by atoms with Crippen molar-refractivity contribution >= 4 is 0 Å². The molecule has 108 valence electrons. The van der Waals surface area contributed by atoms with Gasteiger partial charge in [0.2, 0.25) is 0 Å². The van der Waals surface area contributed by atoms with Gasteiger partial charge in [-0.15, -0.1) is 0 Å². The van der Waals surface area contributed by atoms with E-state index in [9.17, 15) is 9.50 Å². The van der Waals surface area contributed by atoms with Crippen molar-refractivity contribution < 1.29 is 9.50 Å². The van der Waals surface area contributed by atoms with E-state index in [4.69, 9.17) is 0 Å². The van der Waals surface area contributed by atoms with E-state index in [2.05, 4.69) is 10.4 Å². The summed E-state index contributed by atoms with van der Waals surface area (Å²) in [5, 5.41) is 17.1. The first-order valence-corrected chi connectivity index (χ1v) is 6.76. The number of nitrogens with zero attached hydrogens (tertiary/aromatic N) is 2. The van der Waals surface area contributed by atoms with E-state index in [1.165, 1.54) is 6.07 Å². The molecule has 1 aromatic carbocycles. The average Bonchev–Trinajstić information content (AvgIpc) is 2.89. The molecule has 0 bridgehead atoms. The van der Waals surface area contributed by atoms with Gasteiger partial charge in [0.25, 0.3) is 0 Å². The first-order valence-electron chi connectivity index (χ1n) is 6.76. The second-order valence-electron chi connectivity index (χ2n) is 4.91. The third-order valence-electron chi connectivity index (χ3n) is 3.21. The Balaban J connectivity index is 1.68. The maximum Gasteiger partial charge on any atom is 0.123 e. The van der Waals surface area contributed by atoms with Crippen LogP contribution in [0.5, 0.6) is 0 Å². The molecule has 0 amide bonds. The third kappa shape index (κ3) is 4.43. The number of aliphatic hydroxyl groups excluding tert-OH is 1. The van der Waals surface area contributed by atoms with Crippen LogP contribution in [0.15, 0.2) is 36.7 Å². The van der Waals surface area contributed by atoms with Crippen molar-refractivity contribution in [3.63, 3.8) is 0 Å². The highest BCUT2D eigenvalue weighted by Gasteiger charge is 2.05. The summed E-state index contributed by atoms with van der Waals surface area (Å²) in [6.45, 7) is 3.66. The van der Waals surface area contributed by atoms with E-state index >= 15 is 0 Å². The predicted molar refractivity (Wildman–Crippen MR) is 75.9 cm³/mol. The number of rotatable bonds is 7. The van der Waals surface area contributed by atoms with Crippen molar-refractivity contribution in [2.45, 2.75) is 26.0 Å². The molecule has 0 spiro atoms. The third-order valence-corrected chi connectivity index (χ3v) is 3.21. The summed E-state index contributed by atoms with van der Waals surface area (Å²) in [6, 6.07) is 6.67. The SMILES string of the molecule is Cc1cc(F)ccc1CCNCC(O)Cn1cccn1. The van der Waals surface area contributed by atoms with E-state index in [1.807, 2.05) is 25.3 Å². The molecule has 5 heteroatoms. The molecule has 0 saturated heterocycles. The number of benzene rings is 1. The van der Waals surface area contributed by atoms with Gasteiger partial charge in [0.15, 0.2) is 0 Å². The van der Waals surface area contributed by atoms with Crippen molar-refractivity contribution in [2.24, 2.45) is 0 Å². The van der Waals surface area contributed by atoms with Gasteiger partial charge in [-0.05, 0) is 49.2 Å². The van der Waals surface area contributed by atoms with Crippen LogP contribution in [0.2, 0.25) is 0 Å². The first kappa shape index (κ1) is 14.7. The lowest BCUT2D eigenvalue weighted by Crippen LogP contribution is -2.31. The standard InChI is InChI=1S/C15H20FN3O/c1-12-9-14(16)4-3-13(12)5-7-17-10-15(20)11-19-8-2-6-18-19/h2-4,6,8-9,15,17,20H,5,7,10-11H2,1H3. The van der Waals surface area contributed by atoms with Crippen molar-refractivity contribution in [2.75, 3.05) is 13.1 Å². The fraction of sp³-hybridized carbons (Fsp3) is 0.400. The lowest BCUT2D eigenvalue weighted by atomic mass is 10.1. The Bertz CT molecular complexity index is 528. The molecule has 1 aromatic heterocycles. The highest BCUT2D eigenvalue weighted by Crippen LogP contribution is 2.10. The molecule has 0 aliphatic carbocycles. The van der Waals surface area contributed by atoms with Crippen LogP contribution in [0.3, 0.4) is 0 Å². The fourth-order valence-corrected chi connectivity index (χ4v) is 2.12. The van der Waals surface area contributed by atoms with Gasteiger partial charge in [0.05, 0.1) is 12.6 Å². The lowest BCUT2D eigenvalue weighted by molar-refractivity contribution is 0.147. The van der Waals surface area contributed by atoms with Crippen molar-refractivity contribution in [3.8, 4) is 0 Å². The lowest BCUT2D eigenvalue weighted by Gasteiger charge is -2.12. The minimum atomic E-state index is -0.468. The zero-order valence-corrected chi connectivity index (χ0v) is 11.6. The molecular formula is C15H20FN3O. The van der Waals surface area contributed by atoms with Crippen LogP contribution < -0.4 is 5.32 Å². The average molecular weight is 277 g/mol.